The van der Waals surface area contributed by atoms with Crippen LogP contribution in [0, 0.1) is 0 Å². The zero-order valence-electron chi connectivity index (χ0n) is 10.3. The number of hydrogen-bond acceptors (Lipinski definition) is 6. The van der Waals surface area contributed by atoms with Crippen molar-refractivity contribution >= 4 is 29.3 Å². The number of aromatic nitrogens is 3. The van der Waals surface area contributed by atoms with Gasteiger partial charge in [0, 0.05) is 13.1 Å². The Morgan fingerprint density at radius 1 is 1.24 bits per heavy atom. The zero-order chi connectivity index (χ0) is 12.7. The van der Waals surface area contributed by atoms with Gasteiger partial charge in [0.05, 0.1) is 5.88 Å². The van der Waals surface area contributed by atoms with Crippen LogP contribution < -0.4 is 9.64 Å². The van der Waals surface area contributed by atoms with Gasteiger partial charge >= 0.3 is 6.01 Å². The van der Waals surface area contributed by atoms with E-state index in [2.05, 4.69) is 33.7 Å². The van der Waals surface area contributed by atoms with Crippen molar-refractivity contribution in [3.8, 4) is 6.01 Å². The maximum absolute atomic E-state index is 5.57. The van der Waals surface area contributed by atoms with Crippen molar-refractivity contribution in [1.82, 2.24) is 15.0 Å². The highest BCUT2D eigenvalue weighted by Gasteiger charge is 2.11. The summed E-state index contributed by atoms with van der Waals surface area (Å²) in [6.07, 6.45) is 1.92. The van der Waals surface area contributed by atoms with Gasteiger partial charge in [-0.3, -0.25) is 0 Å². The second-order valence-corrected chi connectivity index (χ2v) is 4.27. The molecule has 0 saturated carbocycles. The molecule has 0 aliphatic carbocycles. The van der Waals surface area contributed by atoms with Gasteiger partial charge in [-0.25, -0.2) is 0 Å². The van der Waals surface area contributed by atoms with E-state index < -0.39 is 0 Å². The van der Waals surface area contributed by atoms with E-state index >= 15 is 0 Å². The Hall–Kier alpha value is -0.750. The van der Waals surface area contributed by atoms with Gasteiger partial charge in [0.1, 0.15) is 6.61 Å². The summed E-state index contributed by atoms with van der Waals surface area (Å²) in [7, 11) is 0. The van der Waals surface area contributed by atoms with Gasteiger partial charge in [-0.15, -0.1) is 11.6 Å². The second kappa shape index (κ2) is 7.55. The normalized spacial score (nSPS) is 10.4. The van der Waals surface area contributed by atoms with Gasteiger partial charge in [-0.1, -0.05) is 11.8 Å². The monoisotopic (exact) mass is 276 g/mol. The Morgan fingerprint density at radius 2 is 1.94 bits per heavy atom. The minimum Gasteiger partial charge on any atom is -0.462 e. The molecule has 0 N–H and O–H groups in total. The smallest absolute Gasteiger partial charge is 0.322 e. The van der Waals surface area contributed by atoms with Crippen molar-refractivity contribution in [3.05, 3.63) is 0 Å². The molecule has 0 aliphatic heterocycles. The summed E-state index contributed by atoms with van der Waals surface area (Å²) in [6.45, 7) is 6.22. The Kier molecular flexibility index (Phi) is 6.36. The van der Waals surface area contributed by atoms with Gasteiger partial charge in [-0.05, 0) is 20.1 Å². The number of hydrogen-bond donors (Lipinski definition) is 0. The molecule has 0 spiro atoms. The number of alkyl halides is 1. The molecule has 0 atom stereocenters. The Balaban J connectivity index is 2.95. The standard InChI is InChI=1S/C10H17ClN4OS/c1-4-15(5-2)8-12-9(16-7-6-11)14-10(13-8)17-3/h4-7H2,1-3H3. The van der Waals surface area contributed by atoms with Crippen LogP contribution in [0.5, 0.6) is 6.01 Å². The lowest BCUT2D eigenvalue weighted by Crippen LogP contribution is -2.25. The lowest BCUT2D eigenvalue weighted by atomic mass is 10.5. The van der Waals surface area contributed by atoms with E-state index in [1.165, 1.54) is 11.8 Å². The van der Waals surface area contributed by atoms with Gasteiger partial charge in [0.2, 0.25) is 5.95 Å². The van der Waals surface area contributed by atoms with Crippen molar-refractivity contribution in [1.29, 1.82) is 0 Å². The molecule has 0 bridgehead atoms. The van der Waals surface area contributed by atoms with Crippen molar-refractivity contribution < 1.29 is 4.74 Å². The summed E-state index contributed by atoms with van der Waals surface area (Å²) in [5, 5.41) is 0.659. The maximum Gasteiger partial charge on any atom is 0.322 e. The first kappa shape index (κ1) is 14.3. The number of halogens is 1. The van der Waals surface area contributed by atoms with E-state index in [0.717, 1.165) is 13.1 Å². The summed E-state index contributed by atoms with van der Waals surface area (Å²) in [5.41, 5.74) is 0. The summed E-state index contributed by atoms with van der Waals surface area (Å²) in [4.78, 5) is 14.9. The molecule has 1 heterocycles. The molecule has 96 valence electrons. The van der Waals surface area contributed by atoms with Crippen LogP contribution >= 0.6 is 23.4 Å². The van der Waals surface area contributed by atoms with E-state index in [4.69, 9.17) is 16.3 Å². The molecule has 17 heavy (non-hydrogen) atoms. The Bertz CT molecular complexity index is 349. The first-order valence-electron chi connectivity index (χ1n) is 5.48. The highest BCUT2D eigenvalue weighted by molar-refractivity contribution is 7.98. The van der Waals surface area contributed by atoms with E-state index in [1.54, 1.807) is 0 Å². The van der Waals surface area contributed by atoms with Crippen LogP contribution in [0.3, 0.4) is 0 Å². The topological polar surface area (TPSA) is 51.1 Å². The minimum atomic E-state index is 0.340. The fraction of sp³-hybridized carbons (Fsp3) is 0.700. The van der Waals surface area contributed by atoms with Gasteiger partial charge in [0.25, 0.3) is 0 Å². The van der Waals surface area contributed by atoms with Crippen molar-refractivity contribution in [3.63, 3.8) is 0 Å². The summed E-state index contributed by atoms with van der Waals surface area (Å²) < 4.78 is 5.34. The van der Waals surface area contributed by atoms with Crippen LogP contribution in [0.4, 0.5) is 5.95 Å². The summed E-state index contributed by atoms with van der Waals surface area (Å²) >= 11 is 7.04. The van der Waals surface area contributed by atoms with Gasteiger partial charge in [-0.2, -0.15) is 15.0 Å². The molecular weight excluding hydrogens is 260 g/mol. The van der Waals surface area contributed by atoms with E-state index in [-0.39, 0.29) is 0 Å². The molecule has 0 aliphatic rings. The van der Waals surface area contributed by atoms with Crippen molar-refractivity contribution in [2.75, 3.05) is 36.7 Å². The van der Waals surface area contributed by atoms with Crippen LogP contribution in [-0.4, -0.2) is 46.8 Å². The van der Waals surface area contributed by atoms with Crippen LogP contribution in [-0.2, 0) is 0 Å². The van der Waals surface area contributed by atoms with Gasteiger partial charge < -0.3 is 9.64 Å². The average Bonchev–Trinajstić information content (AvgIpc) is 2.37. The van der Waals surface area contributed by atoms with E-state index in [9.17, 15) is 0 Å². The third-order valence-corrected chi connectivity index (χ3v) is 2.82. The summed E-state index contributed by atoms with van der Waals surface area (Å²) in [6, 6.07) is 0.340. The van der Waals surface area contributed by atoms with Crippen LogP contribution in [0.2, 0.25) is 0 Å². The second-order valence-electron chi connectivity index (χ2n) is 3.11. The number of nitrogens with zero attached hydrogens (tertiary/aromatic N) is 4. The Morgan fingerprint density at radius 3 is 2.47 bits per heavy atom. The lowest BCUT2D eigenvalue weighted by Gasteiger charge is -2.18. The number of thioether (sulfide) groups is 1. The first-order valence-corrected chi connectivity index (χ1v) is 7.24. The molecule has 0 saturated heterocycles. The molecule has 0 aromatic carbocycles. The quantitative estimate of drug-likeness (QED) is 0.561. The molecule has 5 nitrogen and oxygen atoms in total. The number of ether oxygens (including phenoxy) is 1. The summed E-state index contributed by atoms with van der Waals surface area (Å²) in [5.74, 6) is 1.07. The molecule has 0 fully saturated rings. The van der Waals surface area contributed by atoms with Crippen molar-refractivity contribution in [2.45, 2.75) is 19.0 Å². The third kappa shape index (κ3) is 4.20. The molecular formula is C10H17ClN4OS. The molecule has 1 aromatic heterocycles. The Labute approximate surface area is 111 Å². The average molecular weight is 277 g/mol. The number of anilines is 1. The van der Waals surface area contributed by atoms with Crippen LogP contribution in [0.15, 0.2) is 5.16 Å². The molecule has 0 amide bonds. The zero-order valence-corrected chi connectivity index (χ0v) is 11.9. The predicted molar refractivity (Wildman–Crippen MR) is 71.4 cm³/mol. The van der Waals surface area contributed by atoms with Crippen molar-refractivity contribution in [2.24, 2.45) is 0 Å². The number of rotatable bonds is 7. The molecule has 7 heteroatoms. The largest absolute Gasteiger partial charge is 0.462 e. The molecule has 1 aromatic rings. The van der Waals surface area contributed by atoms with E-state index in [0.29, 0.717) is 29.6 Å². The molecule has 1 rings (SSSR count). The predicted octanol–water partition coefficient (Wildman–Crippen LogP) is 2.06. The first-order chi connectivity index (χ1) is 8.24. The van der Waals surface area contributed by atoms with Crippen LogP contribution in [0.1, 0.15) is 13.8 Å². The van der Waals surface area contributed by atoms with Crippen LogP contribution in [0.25, 0.3) is 0 Å². The van der Waals surface area contributed by atoms with Gasteiger partial charge in [0.15, 0.2) is 5.16 Å². The third-order valence-electron chi connectivity index (χ3n) is 2.12. The highest BCUT2D eigenvalue weighted by atomic mass is 35.5. The maximum atomic E-state index is 5.57. The molecule has 0 unspecified atom stereocenters. The fourth-order valence-corrected chi connectivity index (χ4v) is 1.68. The SMILES string of the molecule is CCN(CC)c1nc(OCCCl)nc(SC)n1. The lowest BCUT2D eigenvalue weighted by molar-refractivity contribution is 0.310. The molecule has 0 radical (unpaired) electrons. The minimum absolute atomic E-state index is 0.340. The van der Waals surface area contributed by atoms with E-state index in [1.807, 2.05) is 6.26 Å². The highest BCUT2D eigenvalue weighted by Crippen LogP contribution is 2.17. The fourth-order valence-electron chi connectivity index (χ4n) is 1.26.